The summed E-state index contributed by atoms with van der Waals surface area (Å²) in [5.74, 6) is 0.529. The number of hydrogen-bond donors (Lipinski definition) is 0. The lowest BCUT2D eigenvalue weighted by Crippen LogP contribution is -2.35. The highest BCUT2D eigenvalue weighted by atomic mass is 35.5. The Balaban J connectivity index is 1.78. The number of halogens is 3. The normalized spacial score (nSPS) is 14.5. The molecule has 7 heteroatoms. The predicted molar refractivity (Wildman–Crippen MR) is 95.5 cm³/mol. The maximum atomic E-state index is 12.5. The molecule has 2 heterocycles. The molecule has 0 radical (unpaired) electrons. The molecular formula is C17H15Cl3N2O2. The fourth-order valence-electron chi connectivity index (χ4n) is 2.56. The van der Waals surface area contributed by atoms with Crippen LogP contribution in [0.3, 0.4) is 0 Å². The number of aromatic nitrogens is 1. The number of rotatable bonds is 3. The van der Waals surface area contributed by atoms with Crippen molar-refractivity contribution in [3.8, 4) is 11.6 Å². The highest BCUT2D eigenvalue weighted by molar-refractivity contribution is 6.35. The van der Waals surface area contributed by atoms with Gasteiger partial charge < -0.3 is 9.64 Å². The first-order valence-electron chi connectivity index (χ1n) is 7.62. The molecular weight excluding hydrogens is 371 g/mol. The molecule has 0 bridgehead atoms. The van der Waals surface area contributed by atoms with Crippen LogP contribution in [0.1, 0.15) is 29.6 Å². The lowest BCUT2D eigenvalue weighted by atomic mass is 10.1. The van der Waals surface area contributed by atoms with Crippen molar-refractivity contribution in [2.24, 2.45) is 0 Å². The number of benzene rings is 1. The molecule has 1 aromatic heterocycles. The quantitative estimate of drug-likeness (QED) is 0.704. The summed E-state index contributed by atoms with van der Waals surface area (Å²) in [4.78, 5) is 18.5. The van der Waals surface area contributed by atoms with Crippen LogP contribution < -0.4 is 4.74 Å². The Morgan fingerprint density at radius 3 is 2.46 bits per heavy atom. The second kappa shape index (κ2) is 7.60. The van der Waals surface area contributed by atoms with Crippen LogP contribution in [0.15, 0.2) is 30.5 Å². The van der Waals surface area contributed by atoms with E-state index >= 15 is 0 Å². The van der Waals surface area contributed by atoms with E-state index in [-0.39, 0.29) is 16.8 Å². The fraction of sp³-hybridized carbons (Fsp3) is 0.294. The average Bonchev–Trinajstić information content (AvgIpc) is 2.59. The molecule has 24 heavy (non-hydrogen) atoms. The molecule has 2 aromatic rings. The maximum absolute atomic E-state index is 12.5. The minimum atomic E-state index is -0.0554. The second-order valence-electron chi connectivity index (χ2n) is 5.54. The van der Waals surface area contributed by atoms with Crippen molar-refractivity contribution in [3.63, 3.8) is 0 Å². The van der Waals surface area contributed by atoms with E-state index in [1.54, 1.807) is 24.3 Å². The van der Waals surface area contributed by atoms with Gasteiger partial charge in [-0.1, -0.05) is 34.8 Å². The number of likely N-dealkylation sites (tertiary alicyclic amines) is 1. The lowest BCUT2D eigenvalue weighted by Gasteiger charge is -2.26. The zero-order chi connectivity index (χ0) is 17.1. The minimum Gasteiger partial charge on any atom is -0.436 e. The van der Waals surface area contributed by atoms with Crippen LogP contribution in [0.25, 0.3) is 0 Å². The van der Waals surface area contributed by atoms with Crippen LogP contribution in [0.5, 0.6) is 11.6 Å². The lowest BCUT2D eigenvalue weighted by molar-refractivity contribution is 0.0724. The number of pyridine rings is 1. The Morgan fingerprint density at radius 1 is 1.04 bits per heavy atom. The van der Waals surface area contributed by atoms with Gasteiger partial charge in [-0.15, -0.1) is 0 Å². The fourth-order valence-corrected chi connectivity index (χ4v) is 3.21. The Bertz CT molecular complexity index is 761. The summed E-state index contributed by atoms with van der Waals surface area (Å²) in [5, 5.41) is 1.12. The summed E-state index contributed by atoms with van der Waals surface area (Å²) >= 11 is 18.1. The Kier molecular flexibility index (Phi) is 5.49. The molecule has 4 nitrogen and oxygen atoms in total. The second-order valence-corrected chi connectivity index (χ2v) is 6.79. The van der Waals surface area contributed by atoms with Crippen molar-refractivity contribution in [2.75, 3.05) is 13.1 Å². The van der Waals surface area contributed by atoms with Gasteiger partial charge in [-0.2, -0.15) is 0 Å². The Labute approximate surface area is 155 Å². The zero-order valence-corrected chi connectivity index (χ0v) is 15.0. The van der Waals surface area contributed by atoms with Crippen molar-refractivity contribution in [1.29, 1.82) is 0 Å². The number of carbonyl (C=O) groups is 1. The van der Waals surface area contributed by atoms with Crippen LogP contribution in [-0.2, 0) is 0 Å². The van der Waals surface area contributed by atoms with Gasteiger partial charge in [0.2, 0.25) is 5.88 Å². The monoisotopic (exact) mass is 384 g/mol. The number of piperidine rings is 1. The number of carbonyl (C=O) groups excluding carboxylic acids is 1. The summed E-state index contributed by atoms with van der Waals surface area (Å²) in [6.45, 7) is 1.55. The standard InChI is InChI=1S/C17H15Cl3N2O2/c18-12-4-5-15(13(19)9-12)24-16-14(20)8-11(10-21-16)17(23)22-6-2-1-3-7-22/h4-5,8-10H,1-3,6-7H2. The molecule has 126 valence electrons. The first kappa shape index (κ1) is 17.3. The molecule has 0 N–H and O–H groups in total. The van der Waals surface area contributed by atoms with Gasteiger partial charge in [-0.3, -0.25) is 4.79 Å². The third-order valence-electron chi connectivity index (χ3n) is 3.80. The van der Waals surface area contributed by atoms with Gasteiger partial charge >= 0.3 is 0 Å². The maximum Gasteiger partial charge on any atom is 0.255 e. The van der Waals surface area contributed by atoms with E-state index in [0.717, 1.165) is 32.4 Å². The van der Waals surface area contributed by atoms with Gasteiger partial charge in [-0.05, 0) is 43.5 Å². The molecule has 1 fully saturated rings. The third kappa shape index (κ3) is 3.94. The van der Waals surface area contributed by atoms with E-state index in [4.69, 9.17) is 39.5 Å². The molecule has 1 saturated heterocycles. The molecule has 3 rings (SSSR count). The molecule has 0 aliphatic carbocycles. The number of nitrogens with zero attached hydrogens (tertiary/aromatic N) is 2. The van der Waals surface area contributed by atoms with E-state index < -0.39 is 0 Å². The molecule has 1 amide bonds. The van der Waals surface area contributed by atoms with Crippen molar-refractivity contribution in [2.45, 2.75) is 19.3 Å². The van der Waals surface area contributed by atoms with Crippen LogP contribution in [0.4, 0.5) is 0 Å². The molecule has 1 aromatic carbocycles. The van der Waals surface area contributed by atoms with Gasteiger partial charge in [0.1, 0.15) is 10.8 Å². The van der Waals surface area contributed by atoms with Crippen LogP contribution in [0, 0.1) is 0 Å². The number of ether oxygens (including phenoxy) is 1. The third-order valence-corrected chi connectivity index (χ3v) is 4.60. The van der Waals surface area contributed by atoms with Crippen molar-refractivity contribution >= 4 is 40.7 Å². The first-order chi connectivity index (χ1) is 11.5. The zero-order valence-electron chi connectivity index (χ0n) is 12.8. The SMILES string of the molecule is O=C(c1cnc(Oc2ccc(Cl)cc2Cl)c(Cl)c1)N1CCCCC1. The van der Waals surface area contributed by atoms with Crippen LogP contribution in [0.2, 0.25) is 15.1 Å². The van der Waals surface area contributed by atoms with Crippen molar-refractivity contribution in [3.05, 3.63) is 51.1 Å². The van der Waals surface area contributed by atoms with Crippen molar-refractivity contribution < 1.29 is 9.53 Å². The molecule has 1 aliphatic rings. The first-order valence-corrected chi connectivity index (χ1v) is 8.76. The molecule has 0 atom stereocenters. The summed E-state index contributed by atoms with van der Waals surface area (Å²) < 4.78 is 5.62. The highest BCUT2D eigenvalue weighted by Gasteiger charge is 2.20. The summed E-state index contributed by atoms with van der Waals surface area (Å²) in [6, 6.07) is 6.44. The van der Waals surface area contributed by atoms with Gasteiger partial charge in [0.15, 0.2) is 0 Å². The van der Waals surface area contributed by atoms with E-state index in [2.05, 4.69) is 4.98 Å². The predicted octanol–water partition coefficient (Wildman–Crippen LogP) is 5.46. The molecule has 0 spiro atoms. The van der Waals surface area contributed by atoms with E-state index in [1.807, 2.05) is 4.90 Å². The largest absolute Gasteiger partial charge is 0.436 e. The van der Waals surface area contributed by atoms with Gasteiger partial charge in [0.05, 0.1) is 10.6 Å². The molecule has 0 saturated carbocycles. The number of hydrogen-bond acceptors (Lipinski definition) is 3. The van der Waals surface area contributed by atoms with Crippen LogP contribution in [-0.4, -0.2) is 28.9 Å². The topological polar surface area (TPSA) is 42.4 Å². The Morgan fingerprint density at radius 2 is 1.79 bits per heavy atom. The van der Waals surface area contributed by atoms with Gasteiger partial charge in [-0.25, -0.2) is 4.98 Å². The number of amides is 1. The smallest absolute Gasteiger partial charge is 0.255 e. The van der Waals surface area contributed by atoms with Crippen molar-refractivity contribution in [1.82, 2.24) is 9.88 Å². The van der Waals surface area contributed by atoms with E-state index in [1.165, 1.54) is 6.20 Å². The summed E-state index contributed by atoms with van der Waals surface area (Å²) in [5.41, 5.74) is 0.455. The summed E-state index contributed by atoms with van der Waals surface area (Å²) in [6.07, 6.45) is 4.70. The molecule has 0 unspecified atom stereocenters. The average molecular weight is 386 g/mol. The van der Waals surface area contributed by atoms with E-state index in [0.29, 0.717) is 21.4 Å². The van der Waals surface area contributed by atoms with Crippen LogP contribution >= 0.6 is 34.8 Å². The van der Waals surface area contributed by atoms with Gasteiger partial charge in [0, 0.05) is 24.3 Å². The van der Waals surface area contributed by atoms with Gasteiger partial charge in [0.25, 0.3) is 5.91 Å². The highest BCUT2D eigenvalue weighted by Crippen LogP contribution is 2.34. The minimum absolute atomic E-state index is 0.0554. The summed E-state index contributed by atoms with van der Waals surface area (Å²) in [7, 11) is 0. The Hall–Kier alpha value is -1.49. The van der Waals surface area contributed by atoms with E-state index in [9.17, 15) is 4.79 Å². The molecule has 1 aliphatic heterocycles.